The van der Waals surface area contributed by atoms with Crippen molar-refractivity contribution in [1.29, 1.82) is 0 Å². The standard InChI is InChI=1S/C19H32O/c1-2-5-16-8-10-17(11-9-16)6-3-4-7-18-12-14-19(20)15-13-18/h4,7,16-18H,2-3,5-6,8-15H2,1H3/t16-,17-. The molecule has 0 bridgehead atoms. The van der Waals surface area contributed by atoms with E-state index in [1.807, 2.05) is 0 Å². The molecule has 0 N–H and O–H groups in total. The molecule has 0 amide bonds. The lowest BCUT2D eigenvalue weighted by Gasteiger charge is -2.28. The maximum Gasteiger partial charge on any atom is 0.132 e. The molecule has 0 aliphatic heterocycles. The number of hydrogen-bond donors (Lipinski definition) is 0. The van der Waals surface area contributed by atoms with Crippen molar-refractivity contribution in [2.45, 2.75) is 84.0 Å². The molecule has 0 aromatic rings. The Morgan fingerprint density at radius 3 is 2.15 bits per heavy atom. The monoisotopic (exact) mass is 276 g/mol. The first-order valence-corrected chi connectivity index (χ1v) is 8.96. The van der Waals surface area contributed by atoms with E-state index in [0.717, 1.165) is 37.5 Å². The lowest BCUT2D eigenvalue weighted by molar-refractivity contribution is -0.120. The van der Waals surface area contributed by atoms with Crippen molar-refractivity contribution in [3.05, 3.63) is 12.2 Å². The van der Waals surface area contributed by atoms with Gasteiger partial charge in [0.05, 0.1) is 0 Å². The summed E-state index contributed by atoms with van der Waals surface area (Å²) in [7, 11) is 0. The molecule has 2 aliphatic rings. The molecule has 0 atom stereocenters. The van der Waals surface area contributed by atoms with Crippen molar-refractivity contribution in [1.82, 2.24) is 0 Å². The normalized spacial score (nSPS) is 29.1. The summed E-state index contributed by atoms with van der Waals surface area (Å²) in [6.07, 6.45) is 20.0. The van der Waals surface area contributed by atoms with E-state index in [9.17, 15) is 4.79 Å². The quantitative estimate of drug-likeness (QED) is 0.570. The average Bonchev–Trinajstić information content (AvgIpc) is 2.47. The van der Waals surface area contributed by atoms with Crippen molar-refractivity contribution < 1.29 is 4.79 Å². The molecule has 1 nitrogen and oxygen atoms in total. The predicted octanol–water partition coefficient (Wildman–Crippen LogP) is 5.69. The maximum absolute atomic E-state index is 11.2. The van der Waals surface area contributed by atoms with Crippen LogP contribution in [0.1, 0.15) is 84.0 Å². The molecule has 1 heteroatoms. The van der Waals surface area contributed by atoms with Crippen LogP contribution in [0.15, 0.2) is 12.2 Å². The van der Waals surface area contributed by atoms with Crippen LogP contribution in [-0.2, 0) is 4.79 Å². The lowest BCUT2D eigenvalue weighted by atomic mass is 9.78. The Balaban J connectivity index is 1.56. The van der Waals surface area contributed by atoms with Crippen LogP contribution in [0, 0.1) is 17.8 Å². The summed E-state index contributed by atoms with van der Waals surface area (Å²) in [5.41, 5.74) is 0. The van der Waals surface area contributed by atoms with Gasteiger partial charge >= 0.3 is 0 Å². The average molecular weight is 276 g/mol. The smallest absolute Gasteiger partial charge is 0.132 e. The highest BCUT2D eigenvalue weighted by atomic mass is 16.1. The Hall–Kier alpha value is -0.590. The topological polar surface area (TPSA) is 17.1 Å². The van der Waals surface area contributed by atoms with Gasteiger partial charge in [0.15, 0.2) is 0 Å². The van der Waals surface area contributed by atoms with Gasteiger partial charge in [-0.25, -0.2) is 0 Å². The van der Waals surface area contributed by atoms with Gasteiger partial charge in [-0.2, -0.15) is 0 Å². The fraction of sp³-hybridized carbons (Fsp3) is 0.842. The fourth-order valence-electron chi connectivity index (χ4n) is 3.99. The fourth-order valence-corrected chi connectivity index (χ4v) is 3.99. The molecule has 2 aliphatic carbocycles. The number of allylic oxidation sites excluding steroid dienone is 2. The number of carbonyl (C=O) groups excluding carboxylic acids is 1. The molecule has 0 aromatic heterocycles. The zero-order chi connectivity index (χ0) is 14.2. The van der Waals surface area contributed by atoms with E-state index in [2.05, 4.69) is 19.1 Å². The zero-order valence-electron chi connectivity index (χ0n) is 13.3. The van der Waals surface area contributed by atoms with Crippen LogP contribution < -0.4 is 0 Å². The number of carbonyl (C=O) groups is 1. The van der Waals surface area contributed by atoms with Gasteiger partial charge in [0.2, 0.25) is 0 Å². The Morgan fingerprint density at radius 2 is 1.55 bits per heavy atom. The van der Waals surface area contributed by atoms with Gasteiger partial charge in [-0.05, 0) is 43.4 Å². The van der Waals surface area contributed by atoms with E-state index < -0.39 is 0 Å². The molecule has 0 radical (unpaired) electrons. The second-order valence-corrected chi connectivity index (χ2v) is 7.06. The molecule has 0 spiro atoms. The molecule has 2 fully saturated rings. The van der Waals surface area contributed by atoms with Gasteiger partial charge in [0.1, 0.15) is 5.78 Å². The summed E-state index contributed by atoms with van der Waals surface area (Å²) in [4.78, 5) is 11.2. The van der Waals surface area contributed by atoms with Crippen LogP contribution in [0.5, 0.6) is 0 Å². The van der Waals surface area contributed by atoms with E-state index in [0.29, 0.717) is 11.7 Å². The molecule has 0 aromatic carbocycles. The van der Waals surface area contributed by atoms with Crippen LogP contribution in [0.3, 0.4) is 0 Å². The molecule has 0 heterocycles. The second-order valence-electron chi connectivity index (χ2n) is 7.06. The summed E-state index contributed by atoms with van der Waals surface area (Å²) in [5, 5.41) is 0. The van der Waals surface area contributed by atoms with E-state index >= 15 is 0 Å². The van der Waals surface area contributed by atoms with Crippen molar-refractivity contribution >= 4 is 5.78 Å². The number of Topliss-reactive ketones (excluding diaryl/α,β-unsaturated/α-hetero) is 1. The van der Waals surface area contributed by atoms with Crippen LogP contribution in [0.4, 0.5) is 0 Å². The molecule has 0 unspecified atom stereocenters. The van der Waals surface area contributed by atoms with Crippen LogP contribution in [0.25, 0.3) is 0 Å². The van der Waals surface area contributed by atoms with Gasteiger partial charge < -0.3 is 0 Å². The van der Waals surface area contributed by atoms with E-state index in [-0.39, 0.29) is 0 Å². The van der Waals surface area contributed by atoms with Crippen LogP contribution in [0.2, 0.25) is 0 Å². The molecule has 2 saturated carbocycles. The SMILES string of the molecule is CCC[C@H]1CC[C@H](CCC=CC2CCC(=O)CC2)CC1. The zero-order valence-corrected chi connectivity index (χ0v) is 13.3. The molecule has 0 saturated heterocycles. The third kappa shape index (κ3) is 5.42. The highest BCUT2D eigenvalue weighted by molar-refractivity contribution is 5.79. The van der Waals surface area contributed by atoms with E-state index in [4.69, 9.17) is 0 Å². The summed E-state index contributed by atoms with van der Waals surface area (Å²) >= 11 is 0. The molecular formula is C19H32O. The van der Waals surface area contributed by atoms with Crippen LogP contribution in [-0.4, -0.2) is 5.78 Å². The summed E-state index contributed by atoms with van der Waals surface area (Å²) < 4.78 is 0. The van der Waals surface area contributed by atoms with Gasteiger partial charge in [-0.3, -0.25) is 4.79 Å². The van der Waals surface area contributed by atoms with E-state index in [1.54, 1.807) is 0 Å². The van der Waals surface area contributed by atoms with Crippen LogP contribution >= 0.6 is 0 Å². The van der Waals surface area contributed by atoms with Gasteiger partial charge in [-0.15, -0.1) is 0 Å². The molecule has 20 heavy (non-hydrogen) atoms. The van der Waals surface area contributed by atoms with Crippen molar-refractivity contribution in [2.24, 2.45) is 17.8 Å². The summed E-state index contributed by atoms with van der Waals surface area (Å²) in [6, 6.07) is 0. The maximum atomic E-state index is 11.2. The molecule has 114 valence electrons. The third-order valence-electron chi connectivity index (χ3n) is 5.40. The first-order chi connectivity index (χ1) is 9.78. The number of ketones is 1. The minimum absolute atomic E-state index is 0.471. The van der Waals surface area contributed by atoms with Gasteiger partial charge in [0, 0.05) is 12.8 Å². The summed E-state index contributed by atoms with van der Waals surface area (Å²) in [5.74, 6) is 3.18. The minimum Gasteiger partial charge on any atom is -0.300 e. The van der Waals surface area contributed by atoms with E-state index in [1.165, 1.54) is 51.4 Å². The highest BCUT2D eigenvalue weighted by Crippen LogP contribution is 2.34. The lowest BCUT2D eigenvalue weighted by Crippen LogP contribution is -2.14. The number of rotatable bonds is 6. The predicted molar refractivity (Wildman–Crippen MR) is 85.7 cm³/mol. The first-order valence-electron chi connectivity index (χ1n) is 8.96. The van der Waals surface area contributed by atoms with Gasteiger partial charge in [-0.1, -0.05) is 57.6 Å². The van der Waals surface area contributed by atoms with Crippen molar-refractivity contribution in [2.75, 3.05) is 0 Å². The van der Waals surface area contributed by atoms with Crippen molar-refractivity contribution in [3.8, 4) is 0 Å². The van der Waals surface area contributed by atoms with Gasteiger partial charge in [0.25, 0.3) is 0 Å². The molecular weight excluding hydrogens is 244 g/mol. The minimum atomic E-state index is 0.471. The third-order valence-corrected chi connectivity index (χ3v) is 5.40. The molecule has 2 rings (SSSR count). The Bertz CT molecular complexity index is 300. The highest BCUT2D eigenvalue weighted by Gasteiger charge is 2.20. The largest absolute Gasteiger partial charge is 0.300 e. The Kier molecular flexibility index (Phi) is 6.82. The number of hydrogen-bond acceptors (Lipinski definition) is 1. The summed E-state index contributed by atoms with van der Waals surface area (Å²) in [6.45, 7) is 2.32. The van der Waals surface area contributed by atoms with Crippen molar-refractivity contribution in [3.63, 3.8) is 0 Å². The Labute approximate surface area is 125 Å². The second kappa shape index (κ2) is 8.64. The Morgan fingerprint density at radius 1 is 0.950 bits per heavy atom. The first kappa shape index (κ1) is 15.8.